The molecule has 0 atom stereocenters. The van der Waals surface area contributed by atoms with Crippen molar-refractivity contribution < 1.29 is 0 Å². The average molecular weight is 219 g/mol. The first-order valence-electron chi connectivity index (χ1n) is 6.08. The molecule has 1 fully saturated rings. The second kappa shape index (κ2) is 4.83. The van der Waals surface area contributed by atoms with E-state index in [0.29, 0.717) is 6.04 Å². The lowest BCUT2D eigenvalue weighted by molar-refractivity contribution is 0.177. The van der Waals surface area contributed by atoms with Crippen molar-refractivity contribution in [3.05, 3.63) is 23.9 Å². The molecule has 1 aromatic heterocycles. The highest BCUT2D eigenvalue weighted by atomic mass is 15.1. The molecule has 1 heterocycles. The van der Waals surface area contributed by atoms with Gasteiger partial charge in [0, 0.05) is 17.8 Å². The number of pyridine rings is 1. The Morgan fingerprint density at radius 3 is 2.75 bits per heavy atom. The minimum absolute atomic E-state index is 0.604. The number of hydrogen-bond donors (Lipinski definition) is 1. The zero-order valence-corrected chi connectivity index (χ0v) is 10.4. The van der Waals surface area contributed by atoms with Crippen molar-refractivity contribution in [1.82, 2.24) is 9.88 Å². The molecule has 3 heteroatoms. The lowest BCUT2D eigenvalue weighted by Crippen LogP contribution is -2.47. The van der Waals surface area contributed by atoms with Crippen LogP contribution in [0.4, 0.5) is 5.82 Å². The van der Waals surface area contributed by atoms with E-state index in [1.54, 1.807) is 0 Å². The Balaban J connectivity index is 1.86. The van der Waals surface area contributed by atoms with Crippen molar-refractivity contribution >= 4 is 5.82 Å². The maximum absolute atomic E-state index is 4.56. The van der Waals surface area contributed by atoms with Gasteiger partial charge in [0.2, 0.25) is 0 Å². The van der Waals surface area contributed by atoms with Gasteiger partial charge in [0.25, 0.3) is 0 Å². The Bertz CT molecular complexity index is 343. The summed E-state index contributed by atoms with van der Waals surface area (Å²) in [4.78, 5) is 6.86. The van der Waals surface area contributed by atoms with Crippen molar-refractivity contribution in [2.75, 3.05) is 19.4 Å². The average Bonchev–Trinajstić information content (AvgIpc) is 2.22. The summed E-state index contributed by atoms with van der Waals surface area (Å²) in [5, 5.41) is 3.50. The molecule has 0 saturated heterocycles. The summed E-state index contributed by atoms with van der Waals surface area (Å²) in [7, 11) is 4.30. The van der Waals surface area contributed by atoms with Crippen LogP contribution in [0.2, 0.25) is 0 Å². The number of nitrogens with one attached hydrogen (secondary N) is 1. The first-order chi connectivity index (χ1) is 7.69. The van der Waals surface area contributed by atoms with Crippen molar-refractivity contribution in [3.63, 3.8) is 0 Å². The molecule has 1 aromatic rings. The van der Waals surface area contributed by atoms with Crippen LogP contribution in [-0.2, 0) is 6.42 Å². The van der Waals surface area contributed by atoms with Crippen LogP contribution >= 0.6 is 0 Å². The first-order valence-corrected chi connectivity index (χ1v) is 6.08. The second-order valence-electron chi connectivity index (χ2n) is 4.80. The Morgan fingerprint density at radius 2 is 2.12 bits per heavy atom. The first kappa shape index (κ1) is 11.4. The van der Waals surface area contributed by atoms with Crippen LogP contribution in [0.15, 0.2) is 18.2 Å². The van der Waals surface area contributed by atoms with Crippen LogP contribution in [0.1, 0.15) is 25.5 Å². The molecule has 0 bridgehead atoms. The Morgan fingerprint density at radius 1 is 1.38 bits per heavy atom. The highest BCUT2D eigenvalue weighted by Gasteiger charge is 2.30. The lowest BCUT2D eigenvalue weighted by atomic mass is 9.86. The van der Waals surface area contributed by atoms with Crippen LogP contribution < -0.4 is 5.32 Å². The quantitative estimate of drug-likeness (QED) is 0.841. The highest BCUT2D eigenvalue weighted by Crippen LogP contribution is 2.26. The number of aromatic nitrogens is 1. The summed E-state index contributed by atoms with van der Waals surface area (Å²) in [5.41, 5.74) is 1.16. The smallest absolute Gasteiger partial charge is 0.126 e. The minimum Gasteiger partial charge on any atom is -0.367 e. The number of hydrogen-bond acceptors (Lipinski definition) is 3. The molecule has 0 unspecified atom stereocenters. The lowest BCUT2D eigenvalue weighted by Gasteiger charge is -2.40. The SMILES string of the molecule is CCc1cccc(NC2CC(N(C)C)C2)n1. The van der Waals surface area contributed by atoms with Crippen molar-refractivity contribution in [2.24, 2.45) is 0 Å². The molecular formula is C13H21N3. The van der Waals surface area contributed by atoms with Crippen LogP contribution in [0.25, 0.3) is 0 Å². The summed E-state index contributed by atoms with van der Waals surface area (Å²) in [6.45, 7) is 2.14. The molecule has 2 rings (SSSR count). The third-order valence-electron chi connectivity index (χ3n) is 3.36. The Labute approximate surface area is 97.9 Å². The van der Waals surface area contributed by atoms with E-state index in [4.69, 9.17) is 0 Å². The van der Waals surface area contributed by atoms with Crippen LogP contribution in [0.5, 0.6) is 0 Å². The number of anilines is 1. The van der Waals surface area contributed by atoms with Gasteiger partial charge in [-0.3, -0.25) is 0 Å². The molecule has 0 spiro atoms. The van der Waals surface area contributed by atoms with Gasteiger partial charge in [-0.1, -0.05) is 13.0 Å². The monoisotopic (exact) mass is 219 g/mol. The summed E-state index contributed by atoms with van der Waals surface area (Å²) in [5.74, 6) is 1.03. The van der Waals surface area contributed by atoms with E-state index in [2.05, 4.69) is 54.4 Å². The fraction of sp³-hybridized carbons (Fsp3) is 0.615. The van der Waals surface area contributed by atoms with E-state index in [1.807, 2.05) is 0 Å². The van der Waals surface area contributed by atoms with Crippen molar-refractivity contribution in [3.8, 4) is 0 Å². The normalized spacial score (nSPS) is 24.2. The predicted octanol–water partition coefficient (Wildman–Crippen LogP) is 2.15. The van der Waals surface area contributed by atoms with Gasteiger partial charge in [-0.2, -0.15) is 0 Å². The van der Waals surface area contributed by atoms with Gasteiger partial charge in [0.05, 0.1) is 0 Å². The Hall–Kier alpha value is -1.09. The maximum Gasteiger partial charge on any atom is 0.126 e. The van der Waals surface area contributed by atoms with Gasteiger partial charge >= 0.3 is 0 Å². The summed E-state index contributed by atoms with van der Waals surface area (Å²) >= 11 is 0. The second-order valence-corrected chi connectivity index (χ2v) is 4.80. The third kappa shape index (κ3) is 2.53. The van der Waals surface area contributed by atoms with E-state index in [-0.39, 0.29) is 0 Å². The van der Waals surface area contributed by atoms with E-state index >= 15 is 0 Å². The van der Waals surface area contributed by atoms with Gasteiger partial charge in [0.15, 0.2) is 0 Å². The molecule has 0 radical (unpaired) electrons. The molecule has 1 aliphatic carbocycles. The summed E-state index contributed by atoms with van der Waals surface area (Å²) in [6, 6.07) is 7.56. The zero-order valence-electron chi connectivity index (χ0n) is 10.4. The fourth-order valence-electron chi connectivity index (χ4n) is 2.09. The maximum atomic E-state index is 4.56. The van der Waals surface area contributed by atoms with Gasteiger partial charge in [-0.25, -0.2) is 4.98 Å². The molecular weight excluding hydrogens is 198 g/mol. The van der Waals surface area contributed by atoms with Gasteiger partial charge in [0.1, 0.15) is 5.82 Å². The molecule has 0 aliphatic heterocycles. The summed E-state index contributed by atoms with van der Waals surface area (Å²) in [6.07, 6.45) is 3.45. The fourth-order valence-corrected chi connectivity index (χ4v) is 2.09. The molecule has 0 aromatic carbocycles. The van der Waals surface area contributed by atoms with Crippen LogP contribution in [0, 0.1) is 0 Å². The molecule has 0 amide bonds. The topological polar surface area (TPSA) is 28.2 Å². The number of nitrogens with zero attached hydrogens (tertiary/aromatic N) is 2. The van der Waals surface area contributed by atoms with Crippen molar-refractivity contribution in [1.29, 1.82) is 0 Å². The van der Waals surface area contributed by atoms with E-state index in [0.717, 1.165) is 24.0 Å². The zero-order chi connectivity index (χ0) is 11.5. The summed E-state index contributed by atoms with van der Waals surface area (Å²) < 4.78 is 0. The van der Waals surface area contributed by atoms with Crippen LogP contribution in [-0.4, -0.2) is 36.1 Å². The molecule has 16 heavy (non-hydrogen) atoms. The Kier molecular flexibility index (Phi) is 3.44. The van der Waals surface area contributed by atoms with Gasteiger partial charge < -0.3 is 10.2 Å². The largest absolute Gasteiger partial charge is 0.367 e. The predicted molar refractivity (Wildman–Crippen MR) is 67.7 cm³/mol. The molecule has 1 aliphatic rings. The van der Waals surface area contributed by atoms with Gasteiger partial charge in [-0.15, -0.1) is 0 Å². The van der Waals surface area contributed by atoms with E-state index in [9.17, 15) is 0 Å². The van der Waals surface area contributed by atoms with Gasteiger partial charge in [-0.05, 0) is 45.5 Å². The number of aryl methyl sites for hydroxylation is 1. The third-order valence-corrected chi connectivity index (χ3v) is 3.36. The highest BCUT2D eigenvalue weighted by molar-refractivity contribution is 5.37. The van der Waals surface area contributed by atoms with Crippen LogP contribution in [0.3, 0.4) is 0 Å². The molecule has 88 valence electrons. The number of rotatable bonds is 4. The molecule has 3 nitrogen and oxygen atoms in total. The molecule has 1 N–H and O–H groups in total. The van der Waals surface area contributed by atoms with E-state index < -0.39 is 0 Å². The minimum atomic E-state index is 0.604. The standard InChI is InChI=1S/C13H21N3/c1-4-10-6-5-7-13(14-10)15-11-8-12(9-11)16(2)3/h5-7,11-12H,4,8-9H2,1-3H3,(H,14,15). The molecule has 1 saturated carbocycles. The van der Waals surface area contributed by atoms with Crippen molar-refractivity contribution in [2.45, 2.75) is 38.3 Å². The van der Waals surface area contributed by atoms with E-state index in [1.165, 1.54) is 12.8 Å².